The van der Waals surface area contributed by atoms with Crippen molar-refractivity contribution in [3.63, 3.8) is 0 Å². The first-order valence-corrected chi connectivity index (χ1v) is 7.40. The zero-order chi connectivity index (χ0) is 15.0. The molecule has 1 nitrogen and oxygen atoms in total. The maximum atomic E-state index is 11.7. The van der Waals surface area contributed by atoms with Crippen LogP contribution in [0.5, 0.6) is 0 Å². The van der Waals surface area contributed by atoms with Crippen LogP contribution in [0.4, 0.5) is 0 Å². The number of fused-ring (bicyclic) bond motifs is 1. The fraction of sp³-hybridized carbons (Fsp3) is 0.250. The molecule has 0 N–H and O–H groups in total. The molecule has 0 saturated carbocycles. The van der Waals surface area contributed by atoms with Crippen molar-refractivity contribution >= 4 is 11.4 Å². The van der Waals surface area contributed by atoms with Crippen molar-refractivity contribution in [1.29, 1.82) is 0 Å². The van der Waals surface area contributed by atoms with Crippen molar-refractivity contribution in [3.8, 4) is 0 Å². The summed E-state index contributed by atoms with van der Waals surface area (Å²) in [6.07, 6.45) is 3.32. The molecule has 0 amide bonds. The molecule has 0 fully saturated rings. The Labute approximate surface area is 126 Å². The second-order valence-electron chi connectivity index (χ2n) is 6.39. The van der Waals surface area contributed by atoms with Crippen LogP contribution in [-0.2, 0) is 5.41 Å². The van der Waals surface area contributed by atoms with Gasteiger partial charge < -0.3 is 0 Å². The topological polar surface area (TPSA) is 17.1 Å². The Morgan fingerprint density at radius 1 is 1.05 bits per heavy atom. The molecule has 2 aromatic rings. The van der Waals surface area contributed by atoms with E-state index in [1.807, 2.05) is 12.1 Å². The molecular weight excluding hydrogens is 256 g/mol. The van der Waals surface area contributed by atoms with Gasteiger partial charge in [0, 0.05) is 5.56 Å². The monoisotopic (exact) mass is 276 g/mol. The van der Waals surface area contributed by atoms with Crippen LogP contribution in [0, 0.1) is 0 Å². The van der Waals surface area contributed by atoms with Crippen LogP contribution in [0.15, 0.2) is 54.6 Å². The Hall–Kier alpha value is -2.15. The van der Waals surface area contributed by atoms with Gasteiger partial charge in [0.15, 0.2) is 5.78 Å². The van der Waals surface area contributed by atoms with Crippen molar-refractivity contribution in [2.75, 3.05) is 0 Å². The summed E-state index contributed by atoms with van der Waals surface area (Å²) in [5, 5.41) is 0. The molecule has 0 aliphatic heterocycles. The lowest BCUT2D eigenvalue weighted by Gasteiger charge is -2.32. The summed E-state index contributed by atoms with van der Waals surface area (Å²) >= 11 is 0. The fourth-order valence-corrected chi connectivity index (χ4v) is 3.04. The first-order chi connectivity index (χ1) is 9.99. The van der Waals surface area contributed by atoms with Crippen molar-refractivity contribution < 1.29 is 4.79 Å². The van der Waals surface area contributed by atoms with Gasteiger partial charge in [-0.15, -0.1) is 0 Å². The van der Waals surface area contributed by atoms with E-state index in [2.05, 4.69) is 56.3 Å². The van der Waals surface area contributed by atoms with Crippen LogP contribution in [-0.4, -0.2) is 5.78 Å². The zero-order valence-electron chi connectivity index (χ0n) is 12.8. The van der Waals surface area contributed by atoms with Gasteiger partial charge in [-0.05, 0) is 47.1 Å². The summed E-state index contributed by atoms with van der Waals surface area (Å²) in [6, 6.07) is 16.6. The minimum Gasteiger partial charge on any atom is -0.295 e. The van der Waals surface area contributed by atoms with Gasteiger partial charge in [0.05, 0.1) is 0 Å². The molecule has 0 bridgehead atoms. The van der Waals surface area contributed by atoms with Gasteiger partial charge in [-0.1, -0.05) is 62.4 Å². The van der Waals surface area contributed by atoms with Gasteiger partial charge in [0.2, 0.25) is 0 Å². The van der Waals surface area contributed by atoms with Crippen LogP contribution in [0.3, 0.4) is 0 Å². The van der Waals surface area contributed by atoms with E-state index in [1.54, 1.807) is 6.92 Å². The summed E-state index contributed by atoms with van der Waals surface area (Å²) in [7, 11) is 0. The molecule has 21 heavy (non-hydrogen) atoms. The van der Waals surface area contributed by atoms with E-state index in [4.69, 9.17) is 0 Å². The number of carbonyl (C=O) groups excluding carboxylic acids is 1. The first-order valence-electron chi connectivity index (χ1n) is 7.40. The first kappa shape index (κ1) is 13.8. The van der Waals surface area contributed by atoms with Gasteiger partial charge in [-0.2, -0.15) is 0 Å². The highest BCUT2D eigenvalue weighted by Gasteiger charge is 2.28. The summed E-state index contributed by atoms with van der Waals surface area (Å²) in [4.78, 5) is 11.7. The van der Waals surface area contributed by atoms with Crippen molar-refractivity contribution in [2.45, 2.75) is 32.6 Å². The highest BCUT2D eigenvalue weighted by atomic mass is 16.1. The molecule has 1 heteroatoms. The average Bonchev–Trinajstić information content (AvgIpc) is 2.47. The van der Waals surface area contributed by atoms with Gasteiger partial charge in [0.25, 0.3) is 0 Å². The van der Waals surface area contributed by atoms with Gasteiger partial charge in [-0.25, -0.2) is 0 Å². The minimum atomic E-state index is 0.114. The van der Waals surface area contributed by atoms with E-state index >= 15 is 0 Å². The number of allylic oxidation sites excluding steroid dienone is 1. The normalized spacial score (nSPS) is 16.0. The molecule has 0 heterocycles. The van der Waals surface area contributed by atoms with Crippen molar-refractivity contribution in [3.05, 3.63) is 76.9 Å². The molecule has 0 unspecified atom stereocenters. The highest BCUT2D eigenvalue weighted by molar-refractivity contribution is 5.96. The number of hydrogen-bond acceptors (Lipinski definition) is 1. The second kappa shape index (κ2) is 5.00. The van der Waals surface area contributed by atoms with E-state index in [-0.39, 0.29) is 11.2 Å². The molecule has 2 aromatic carbocycles. The Morgan fingerprint density at radius 2 is 1.76 bits per heavy atom. The van der Waals surface area contributed by atoms with Crippen LogP contribution >= 0.6 is 0 Å². The molecule has 1 aliphatic carbocycles. The Balaban J connectivity index is 2.21. The van der Waals surface area contributed by atoms with E-state index in [0.717, 1.165) is 12.0 Å². The number of ketones is 1. The quantitative estimate of drug-likeness (QED) is 0.705. The standard InChI is InChI=1S/C20H20O/c1-14(21)16-9-10-19-18(13-16)17(11-12-20(19,2)3)15-7-5-4-6-8-15/h4-11,13H,12H2,1-3H3. The maximum absolute atomic E-state index is 11.7. The number of benzene rings is 2. The van der Waals surface area contributed by atoms with Crippen LogP contribution in [0.25, 0.3) is 5.57 Å². The summed E-state index contributed by atoms with van der Waals surface area (Å²) in [5.41, 5.74) is 5.89. The van der Waals surface area contributed by atoms with Crippen molar-refractivity contribution in [1.82, 2.24) is 0 Å². The van der Waals surface area contributed by atoms with E-state index in [0.29, 0.717) is 0 Å². The lowest BCUT2D eigenvalue weighted by atomic mass is 9.72. The van der Waals surface area contributed by atoms with Gasteiger partial charge >= 0.3 is 0 Å². The van der Waals surface area contributed by atoms with Crippen molar-refractivity contribution in [2.24, 2.45) is 0 Å². The third kappa shape index (κ3) is 2.44. The summed E-state index contributed by atoms with van der Waals surface area (Å²) in [5.74, 6) is 0.119. The fourth-order valence-electron chi connectivity index (χ4n) is 3.04. The summed E-state index contributed by atoms with van der Waals surface area (Å²) < 4.78 is 0. The van der Waals surface area contributed by atoms with E-state index in [1.165, 1.54) is 22.3 Å². The lowest BCUT2D eigenvalue weighted by Crippen LogP contribution is -2.22. The smallest absolute Gasteiger partial charge is 0.159 e. The molecular formula is C20H20O. The number of rotatable bonds is 2. The molecule has 0 radical (unpaired) electrons. The molecule has 0 saturated heterocycles. The second-order valence-corrected chi connectivity index (χ2v) is 6.39. The minimum absolute atomic E-state index is 0.114. The van der Waals surface area contributed by atoms with Gasteiger partial charge in [0.1, 0.15) is 0 Å². The maximum Gasteiger partial charge on any atom is 0.159 e. The number of carbonyl (C=O) groups is 1. The van der Waals surface area contributed by atoms with Crippen LogP contribution in [0.2, 0.25) is 0 Å². The Morgan fingerprint density at radius 3 is 2.43 bits per heavy atom. The van der Waals surface area contributed by atoms with Crippen LogP contribution in [0.1, 0.15) is 54.2 Å². The molecule has 0 atom stereocenters. The molecule has 3 rings (SSSR count). The highest BCUT2D eigenvalue weighted by Crippen LogP contribution is 2.41. The predicted octanol–water partition coefficient (Wildman–Crippen LogP) is 5.00. The van der Waals surface area contributed by atoms with E-state index in [9.17, 15) is 4.79 Å². The third-order valence-electron chi connectivity index (χ3n) is 4.35. The number of hydrogen-bond donors (Lipinski definition) is 0. The predicted molar refractivity (Wildman–Crippen MR) is 87.6 cm³/mol. The molecule has 1 aliphatic rings. The molecule has 0 spiro atoms. The average molecular weight is 276 g/mol. The SMILES string of the molecule is CC(=O)c1ccc2c(c1)C(c1ccccc1)=CCC2(C)C. The summed E-state index contributed by atoms with van der Waals surface area (Å²) in [6.45, 7) is 6.15. The largest absolute Gasteiger partial charge is 0.295 e. The third-order valence-corrected chi connectivity index (χ3v) is 4.35. The van der Waals surface area contributed by atoms with E-state index < -0.39 is 0 Å². The molecule has 106 valence electrons. The molecule has 0 aromatic heterocycles. The Bertz CT molecular complexity index is 721. The van der Waals surface area contributed by atoms with Crippen LogP contribution < -0.4 is 0 Å². The zero-order valence-corrected chi connectivity index (χ0v) is 12.8. The number of Topliss-reactive ketones (excluding diaryl/α,β-unsaturated/α-hetero) is 1. The lowest BCUT2D eigenvalue weighted by molar-refractivity contribution is 0.101. The Kier molecular flexibility index (Phi) is 3.29. The van der Waals surface area contributed by atoms with Gasteiger partial charge in [-0.3, -0.25) is 4.79 Å².